The third-order valence-electron chi connectivity index (χ3n) is 3.93. The highest BCUT2D eigenvalue weighted by molar-refractivity contribution is 8.00. The van der Waals surface area contributed by atoms with E-state index in [4.69, 9.17) is 5.73 Å². The van der Waals surface area contributed by atoms with Crippen molar-refractivity contribution in [3.05, 3.63) is 22.3 Å². The summed E-state index contributed by atoms with van der Waals surface area (Å²) < 4.78 is 8.30. The van der Waals surface area contributed by atoms with Crippen molar-refractivity contribution >= 4 is 52.9 Å². The molecule has 2 atom stereocenters. The van der Waals surface area contributed by atoms with Gasteiger partial charge in [-0.25, -0.2) is 9.59 Å². The van der Waals surface area contributed by atoms with Gasteiger partial charge >= 0.3 is 12.1 Å². The monoisotopic (exact) mass is 442 g/mol. The van der Waals surface area contributed by atoms with Crippen LogP contribution >= 0.6 is 23.3 Å². The average Bonchev–Trinajstić information content (AvgIpc) is 3.21. The molecule has 13 nitrogen and oxygen atoms in total. The van der Waals surface area contributed by atoms with Crippen molar-refractivity contribution in [1.29, 1.82) is 0 Å². The Labute approximate surface area is 171 Å². The number of carboxylic acids is 1. The number of hydrogen-bond acceptors (Lipinski definition) is 11. The lowest BCUT2D eigenvalue weighted by Crippen LogP contribution is -2.71. The van der Waals surface area contributed by atoms with Crippen LogP contribution in [0.3, 0.4) is 0 Å². The molecule has 1 aromatic rings. The maximum Gasteiger partial charge on any atom is 0.404 e. The number of β-lactam (4-membered cyclic amide) rings is 1. The zero-order valence-electron chi connectivity index (χ0n) is 14.7. The molecule has 1 aromatic heterocycles. The van der Waals surface area contributed by atoms with Crippen LogP contribution < -0.4 is 11.1 Å². The molecule has 3 heterocycles. The zero-order valence-corrected chi connectivity index (χ0v) is 16.4. The molecule has 154 valence electrons. The smallest absolute Gasteiger partial charge is 0.404 e. The minimum absolute atomic E-state index is 0.169. The quantitative estimate of drug-likeness (QED) is 0.261. The Hall–Kier alpha value is -3.20. The van der Waals surface area contributed by atoms with Crippen LogP contribution in [0, 0.1) is 0 Å². The second-order valence-electron chi connectivity index (χ2n) is 5.64. The molecule has 1 fully saturated rings. The molecule has 3 amide bonds. The van der Waals surface area contributed by atoms with Crippen LogP contribution in [0.5, 0.6) is 0 Å². The van der Waals surface area contributed by atoms with E-state index in [2.05, 4.69) is 29.6 Å². The maximum absolute atomic E-state index is 12.6. The number of thioether (sulfide) groups is 1. The molecule has 1 saturated heterocycles. The Bertz CT molecular complexity index is 916. The number of fused-ring (bicyclic) bond motifs is 1. The molecule has 29 heavy (non-hydrogen) atoms. The Kier molecular flexibility index (Phi) is 5.97. The number of aliphatic carboxylic acids is 1. The second-order valence-corrected chi connectivity index (χ2v) is 7.35. The van der Waals surface area contributed by atoms with E-state index in [-0.39, 0.29) is 35.0 Å². The molecule has 0 bridgehead atoms. The van der Waals surface area contributed by atoms with Crippen molar-refractivity contribution < 1.29 is 33.9 Å². The summed E-state index contributed by atoms with van der Waals surface area (Å²) in [5.41, 5.74) is 4.85. The third kappa shape index (κ3) is 4.00. The molecule has 0 spiro atoms. The fourth-order valence-electron chi connectivity index (χ4n) is 2.73. The number of nitrogens with one attached hydrogen (secondary N) is 1. The lowest BCUT2D eigenvalue weighted by Gasteiger charge is -2.49. The lowest BCUT2D eigenvalue weighted by molar-refractivity contribution is -0.150. The van der Waals surface area contributed by atoms with E-state index >= 15 is 0 Å². The topological polar surface area (TPSA) is 186 Å². The van der Waals surface area contributed by atoms with Crippen LogP contribution in [0.15, 0.2) is 21.8 Å². The van der Waals surface area contributed by atoms with Gasteiger partial charge in [0.15, 0.2) is 5.71 Å². The predicted octanol–water partition coefficient (Wildman–Crippen LogP) is -1.28. The standard InChI is InChI=1S/C14H14N6O7S2/c1-26-18-7(6-4-29-19-17-6)10(21)16-8-11(22)20-9(13(23)24)5(2-27-14(15)25)3-28-12(8)20/h4,8,12H,2-3H2,1H3,(H2,15,25)(H,16,21)(H,23,24)/b18-7+/t8?,12-/m1/s1. The van der Waals surface area contributed by atoms with Crippen molar-refractivity contribution in [2.75, 3.05) is 19.5 Å². The Balaban J connectivity index is 1.77. The number of rotatable bonds is 7. The number of amides is 3. The molecule has 0 radical (unpaired) electrons. The first-order chi connectivity index (χ1) is 13.8. The largest absolute Gasteiger partial charge is 0.477 e. The van der Waals surface area contributed by atoms with Gasteiger partial charge in [-0.3, -0.25) is 14.5 Å². The predicted molar refractivity (Wildman–Crippen MR) is 98.7 cm³/mol. The number of nitrogens with two attached hydrogens (primary N) is 1. The van der Waals surface area contributed by atoms with Gasteiger partial charge in [0.2, 0.25) is 0 Å². The van der Waals surface area contributed by atoms with E-state index in [0.29, 0.717) is 0 Å². The van der Waals surface area contributed by atoms with Crippen molar-refractivity contribution in [2.24, 2.45) is 10.9 Å². The molecular formula is C14H14N6O7S2. The highest BCUT2D eigenvalue weighted by Gasteiger charge is 2.54. The minimum atomic E-state index is -1.35. The fourth-order valence-corrected chi connectivity index (χ4v) is 4.49. The Morgan fingerprint density at radius 2 is 2.24 bits per heavy atom. The van der Waals surface area contributed by atoms with Crippen molar-refractivity contribution in [3.8, 4) is 0 Å². The van der Waals surface area contributed by atoms with E-state index in [1.807, 2.05) is 0 Å². The number of carbonyl (C=O) groups excluding carboxylic acids is 3. The lowest BCUT2D eigenvalue weighted by atomic mass is 10.0. The molecule has 3 rings (SSSR count). The van der Waals surface area contributed by atoms with Crippen LogP contribution in [0.25, 0.3) is 0 Å². The van der Waals surface area contributed by atoms with E-state index < -0.39 is 35.3 Å². The fraction of sp³-hybridized carbons (Fsp3) is 0.357. The number of ether oxygens (including phenoxy) is 1. The molecule has 2 aliphatic rings. The SMILES string of the molecule is CO/N=C(/C(=O)NC1C(=O)N2C(C(=O)O)=C(COC(N)=O)CS[C@H]12)c1csnn1. The number of carbonyl (C=O) groups is 4. The number of carboxylic acid groups (broad SMARTS) is 1. The zero-order chi connectivity index (χ0) is 21.1. The summed E-state index contributed by atoms with van der Waals surface area (Å²) in [6.45, 7) is -0.348. The van der Waals surface area contributed by atoms with E-state index in [1.165, 1.54) is 24.3 Å². The molecule has 15 heteroatoms. The summed E-state index contributed by atoms with van der Waals surface area (Å²) in [7, 11) is 1.25. The average molecular weight is 442 g/mol. The first-order valence-electron chi connectivity index (χ1n) is 7.86. The van der Waals surface area contributed by atoms with Crippen molar-refractivity contribution in [3.63, 3.8) is 0 Å². The number of aromatic nitrogens is 2. The van der Waals surface area contributed by atoms with Gasteiger partial charge in [0.1, 0.15) is 36.5 Å². The van der Waals surface area contributed by atoms with Gasteiger partial charge in [-0.1, -0.05) is 9.64 Å². The highest BCUT2D eigenvalue weighted by atomic mass is 32.2. The number of primary amides is 1. The molecule has 0 aromatic carbocycles. The van der Waals surface area contributed by atoms with Gasteiger partial charge in [0.25, 0.3) is 11.8 Å². The summed E-state index contributed by atoms with van der Waals surface area (Å²) in [6.07, 6.45) is -1.06. The summed E-state index contributed by atoms with van der Waals surface area (Å²) in [4.78, 5) is 53.3. The second kappa shape index (κ2) is 8.44. The van der Waals surface area contributed by atoms with Crippen LogP contribution in [-0.4, -0.2) is 80.1 Å². The van der Waals surface area contributed by atoms with E-state index in [0.717, 1.165) is 16.4 Å². The molecule has 4 N–H and O–H groups in total. The molecule has 0 saturated carbocycles. The summed E-state index contributed by atoms with van der Waals surface area (Å²) in [5, 5.41) is 20.2. The normalized spacial score (nSPS) is 21.2. The Morgan fingerprint density at radius 1 is 1.48 bits per heavy atom. The van der Waals surface area contributed by atoms with Gasteiger partial charge in [-0.15, -0.1) is 16.9 Å². The molecule has 1 unspecified atom stereocenters. The van der Waals surface area contributed by atoms with Gasteiger partial charge in [0, 0.05) is 16.7 Å². The number of nitrogens with zero attached hydrogens (tertiary/aromatic N) is 4. The van der Waals surface area contributed by atoms with Crippen LogP contribution in [0.2, 0.25) is 0 Å². The van der Waals surface area contributed by atoms with Crippen LogP contribution in [-0.2, 0) is 24.0 Å². The summed E-state index contributed by atoms with van der Waals surface area (Å²) >= 11 is 2.22. The van der Waals surface area contributed by atoms with E-state index in [1.54, 1.807) is 0 Å². The number of hydrogen-bond donors (Lipinski definition) is 3. The van der Waals surface area contributed by atoms with Crippen LogP contribution in [0.4, 0.5) is 4.79 Å². The van der Waals surface area contributed by atoms with Crippen LogP contribution in [0.1, 0.15) is 5.69 Å². The maximum atomic E-state index is 12.6. The molecular weight excluding hydrogens is 428 g/mol. The van der Waals surface area contributed by atoms with Gasteiger partial charge in [0.05, 0.1) is 0 Å². The highest BCUT2D eigenvalue weighted by Crippen LogP contribution is 2.40. The van der Waals surface area contributed by atoms with Gasteiger partial charge in [-0.2, -0.15) is 0 Å². The Morgan fingerprint density at radius 3 is 2.83 bits per heavy atom. The first-order valence-corrected chi connectivity index (χ1v) is 9.75. The van der Waals surface area contributed by atoms with Gasteiger partial charge < -0.3 is 25.7 Å². The van der Waals surface area contributed by atoms with Gasteiger partial charge in [-0.05, 0) is 11.5 Å². The minimum Gasteiger partial charge on any atom is -0.477 e. The third-order valence-corrected chi connectivity index (χ3v) is 5.77. The van der Waals surface area contributed by atoms with E-state index in [9.17, 15) is 24.3 Å². The molecule has 2 aliphatic heterocycles. The number of oxime groups is 1. The first kappa shape index (κ1) is 20.5. The van der Waals surface area contributed by atoms with Crippen molar-refractivity contribution in [2.45, 2.75) is 11.4 Å². The summed E-state index contributed by atoms with van der Waals surface area (Å²) in [5.74, 6) is -2.53. The summed E-state index contributed by atoms with van der Waals surface area (Å²) in [6, 6.07) is -0.978. The van der Waals surface area contributed by atoms with Crippen molar-refractivity contribution in [1.82, 2.24) is 19.8 Å². The molecule has 0 aliphatic carbocycles.